The molecule has 1 saturated heterocycles. The van der Waals surface area contributed by atoms with Crippen LogP contribution < -0.4 is 0 Å². The Morgan fingerprint density at radius 1 is 1.22 bits per heavy atom. The molecule has 32 heavy (non-hydrogen) atoms. The van der Waals surface area contributed by atoms with Gasteiger partial charge in [0, 0.05) is 24.5 Å². The number of nitrogens with zero attached hydrogens (tertiary/aromatic N) is 2. The first-order valence-electron chi connectivity index (χ1n) is 10.9. The van der Waals surface area contributed by atoms with Crippen molar-refractivity contribution in [3.63, 3.8) is 0 Å². The molecule has 6 nitrogen and oxygen atoms in total. The zero-order valence-electron chi connectivity index (χ0n) is 19.7. The summed E-state index contributed by atoms with van der Waals surface area (Å²) in [5.74, 6) is -1.49. The molecule has 0 saturated carbocycles. The normalized spacial score (nSPS) is 18.6. The summed E-state index contributed by atoms with van der Waals surface area (Å²) in [5.41, 5.74) is 3.04. The van der Waals surface area contributed by atoms with Gasteiger partial charge in [-0.2, -0.15) is 0 Å². The van der Waals surface area contributed by atoms with Crippen molar-refractivity contribution in [3.05, 3.63) is 70.6 Å². The fraction of sp³-hybridized carbons (Fsp3) is 0.423. The van der Waals surface area contributed by atoms with Gasteiger partial charge in [-0.25, -0.2) is 0 Å². The number of hydrogen-bond acceptors (Lipinski definition) is 5. The smallest absolute Gasteiger partial charge is 0.295 e. The van der Waals surface area contributed by atoms with E-state index in [4.69, 9.17) is 4.74 Å². The van der Waals surface area contributed by atoms with Gasteiger partial charge in [0.2, 0.25) is 0 Å². The SMILES string of the molecule is Cc1ccc(C(C)(C)C)cc1/C(O)=C1\C(=O)C(=O)N(CCOC(C)C)C1c1cccnc1. The van der Waals surface area contributed by atoms with E-state index in [1.54, 1.807) is 18.5 Å². The molecule has 2 heterocycles. The zero-order chi connectivity index (χ0) is 23.6. The molecule has 1 aliphatic rings. The van der Waals surface area contributed by atoms with Crippen LogP contribution in [0.4, 0.5) is 0 Å². The molecular weight excluding hydrogens is 404 g/mol. The molecule has 1 amide bonds. The minimum atomic E-state index is -0.725. The number of ketones is 1. The van der Waals surface area contributed by atoms with E-state index in [1.807, 2.05) is 45.0 Å². The first kappa shape index (κ1) is 23.7. The summed E-state index contributed by atoms with van der Waals surface area (Å²) < 4.78 is 5.62. The van der Waals surface area contributed by atoms with Crippen LogP contribution in [0.15, 0.2) is 48.3 Å². The molecule has 0 spiro atoms. The zero-order valence-corrected chi connectivity index (χ0v) is 19.7. The van der Waals surface area contributed by atoms with Gasteiger partial charge in [0.15, 0.2) is 0 Å². The van der Waals surface area contributed by atoms with Crippen LogP contribution >= 0.6 is 0 Å². The van der Waals surface area contributed by atoms with Gasteiger partial charge in [-0.3, -0.25) is 14.6 Å². The molecule has 1 atom stereocenters. The van der Waals surface area contributed by atoms with Crippen LogP contribution in [0, 0.1) is 6.92 Å². The number of hydrogen-bond donors (Lipinski definition) is 1. The van der Waals surface area contributed by atoms with Crippen LogP contribution in [0.2, 0.25) is 0 Å². The van der Waals surface area contributed by atoms with Crippen molar-refractivity contribution in [1.82, 2.24) is 9.88 Å². The molecule has 170 valence electrons. The summed E-state index contributed by atoms with van der Waals surface area (Å²) in [6.45, 7) is 12.5. The van der Waals surface area contributed by atoms with Crippen molar-refractivity contribution in [2.45, 2.75) is 59.1 Å². The lowest BCUT2D eigenvalue weighted by Crippen LogP contribution is -2.33. The second-order valence-corrected chi connectivity index (χ2v) is 9.48. The quantitative estimate of drug-likeness (QED) is 0.409. The van der Waals surface area contributed by atoms with Crippen molar-refractivity contribution >= 4 is 17.4 Å². The van der Waals surface area contributed by atoms with Crippen molar-refractivity contribution in [2.24, 2.45) is 0 Å². The maximum absolute atomic E-state index is 13.1. The lowest BCUT2D eigenvalue weighted by atomic mass is 9.84. The van der Waals surface area contributed by atoms with Crippen molar-refractivity contribution in [3.8, 4) is 0 Å². The summed E-state index contributed by atoms with van der Waals surface area (Å²) in [5, 5.41) is 11.4. The predicted octanol–water partition coefficient (Wildman–Crippen LogP) is 4.53. The van der Waals surface area contributed by atoms with Crippen molar-refractivity contribution in [1.29, 1.82) is 0 Å². The number of amides is 1. The van der Waals surface area contributed by atoms with Crippen molar-refractivity contribution in [2.75, 3.05) is 13.2 Å². The standard InChI is InChI=1S/C26H32N2O4/c1-16(2)32-13-12-28-22(18-8-7-11-27-15-18)21(24(30)25(28)31)23(29)20-14-19(26(4,5)6)10-9-17(20)3/h7-11,14-16,22,29H,12-13H2,1-6H3/b23-21+. The molecule has 1 fully saturated rings. The van der Waals surface area contributed by atoms with Gasteiger partial charge in [0.1, 0.15) is 5.76 Å². The Bertz CT molecular complexity index is 1040. The fourth-order valence-corrected chi connectivity index (χ4v) is 3.87. The van der Waals surface area contributed by atoms with E-state index in [1.165, 1.54) is 4.90 Å². The van der Waals surface area contributed by atoms with Crippen LogP contribution in [-0.2, 0) is 19.7 Å². The average Bonchev–Trinajstić information content (AvgIpc) is 2.98. The number of carbonyl (C=O) groups is 2. The van der Waals surface area contributed by atoms with Crippen LogP contribution in [0.1, 0.15) is 62.9 Å². The number of likely N-dealkylation sites (tertiary alicyclic amines) is 1. The van der Waals surface area contributed by atoms with Gasteiger partial charge in [-0.1, -0.05) is 39.0 Å². The van der Waals surface area contributed by atoms with E-state index in [-0.39, 0.29) is 29.4 Å². The Kier molecular flexibility index (Phi) is 6.84. The van der Waals surface area contributed by atoms with Gasteiger partial charge >= 0.3 is 0 Å². The maximum atomic E-state index is 13.1. The molecule has 0 bridgehead atoms. The number of rotatable bonds is 6. The predicted molar refractivity (Wildman–Crippen MR) is 124 cm³/mol. The monoisotopic (exact) mass is 436 g/mol. The molecule has 2 aromatic rings. The fourth-order valence-electron chi connectivity index (χ4n) is 3.87. The van der Waals surface area contributed by atoms with Gasteiger partial charge in [-0.15, -0.1) is 0 Å². The third-order valence-electron chi connectivity index (χ3n) is 5.68. The van der Waals surface area contributed by atoms with Gasteiger partial charge in [0.05, 0.1) is 24.3 Å². The molecule has 1 unspecified atom stereocenters. The molecule has 1 N–H and O–H groups in total. The lowest BCUT2D eigenvalue weighted by molar-refractivity contribution is -0.140. The van der Waals surface area contributed by atoms with E-state index >= 15 is 0 Å². The first-order valence-corrected chi connectivity index (χ1v) is 10.9. The highest BCUT2D eigenvalue weighted by molar-refractivity contribution is 6.46. The molecule has 0 radical (unpaired) electrons. The minimum Gasteiger partial charge on any atom is -0.507 e. The van der Waals surface area contributed by atoms with Crippen LogP contribution in [-0.4, -0.2) is 45.9 Å². The largest absolute Gasteiger partial charge is 0.507 e. The Labute approximate surface area is 189 Å². The van der Waals surface area contributed by atoms with Crippen LogP contribution in [0.5, 0.6) is 0 Å². The topological polar surface area (TPSA) is 79.7 Å². The Morgan fingerprint density at radius 2 is 1.94 bits per heavy atom. The van der Waals surface area contributed by atoms with E-state index in [2.05, 4.69) is 25.8 Å². The van der Waals surface area contributed by atoms with Gasteiger partial charge < -0.3 is 14.7 Å². The number of aryl methyl sites for hydroxylation is 1. The molecule has 6 heteroatoms. The number of ether oxygens (including phenoxy) is 1. The third kappa shape index (κ3) is 4.75. The number of Topliss-reactive ketones (excluding diaryl/α,β-unsaturated/α-hetero) is 1. The van der Waals surface area contributed by atoms with E-state index in [9.17, 15) is 14.7 Å². The minimum absolute atomic E-state index is 0.00597. The third-order valence-corrected chi connectivity index (χ3v) is 5.68. The highest BCUT2D eigenvalue weighted by Gasteiger charge is 2.46. The number of benzene rings is 1. The molecular formula is C26H32N2O4. The summed E-state index contributed by atoms with van der Waals surface area (Å²) in [6.07, 6.45) is 3.26. The molecule has 1 aliphatic heterocycles. The van der Waals surface area contributed by atoms with Gasteiger partial charge in [0.25, 0.3) is 11.7 Å². The van der Waals surface area contributed by atoms with E-state index in [0.717, 1.165) is 11.1 Å². The Morgan fingerprint density at radius 3 is 2.53 bits per heavy atom. The molecule has 3 rings (SSSR count). The first-order chi connectivity index (χ1) is 15.0. The van der Waals surface area contributed by atoms with Gasteiger partial charge in [-0.05, 0) is 55.0 Å². The second kappa shape index (κ2) is 9.25. The van der Waals surface area contributed by atoms with E-state index < -0.39 is 17.7 Å². The average molecular weight is 437 g/mol. The molecule has 1 aromatic heterocycles. The molecule has 0 aliphatic carbocycles. The van der Waals surface area contributed by atoms with E-state index in [0.29, 0.717) is 17.7 Å². The molecule has 1 aromatic carbocycles. The number of pyridine rings is 1. The second-order valence-electron chi connectivity index (χ2n) is 9.48. The maximum Gasteiger partial charge on any atom is 0.295 e. The summed E-state index contributed by atoms with van der Waals surface area (Å²) >= 11 is 0. The number of aliphatic hydroxyl groups is 1. The lowest BCUT2D eigenvalue weighted by Gasteiger charge is -2.26. The summed E-state index contributed by atoms with van der Waals surface area (Å²) in [7, 11) is 0. The summed E-state index contributed by atoms with van der Waals surface area (Å²) in [4.78, 5) is 31.7. The summed E-state index contributed by atoms with van der Waals surface area (Å²) in [6, 6.07) is 8.70. The highest BCUT2D eigenvalue weighted by Crippen LogP contribution is 2.40. The number of aromatic nitrogens is 1. The van der Waals surface area contributed by atoms with Crippen LogP contribution in [0.3, 0.4) is 0 Å². The number of aliphatic hydroxyl groups excluding tert-OH is 1. The van der Waals surface area contributed by atoms with Crippen LogP contribution in [0.25, 0.3) is 5.76 Å². The Hall–Kier alpha value is -2.99. The van der Waals surface area contributed by atoms with Crippen molar-refractivity contribution < 1.29 is 19.4 Å². The number of carbonyl (C=O) groups excluding carboxylic acids is 2. The Balaban J connectivity index is 2.15. The highest BCUT2D eigenvalue weighted by atomic mass is 16.5.